The second kappa shape index (κ2) is 7.48. The third kappa shape index (κ3) is 4.71. The van der Waals surface area contributed by atoms with E-state index in [9.17, 15) is 9.59 Å². The lowest BCUT2D eigenvalue weighted by Gasteiger charge is -2.15. The zero-order valence-electron chi connectivity index (χ0n) is 12.0. The van der Waals surface area contributed by atoms with Crippen LogP contribution in [0.3, 0.4) is 0 Å². The minimum absolute atomic E-state index is 0.0335. The number of benzene rings is 2. The van der Waals surface area contributed by atoms with Crippen molar-refractivity contribution in [2.45, 2.75) is 13.0 Å². The molecule has 0 radical (unpaired) electrons. The van der Waals surface area contributed by atoms with E-state index in [1.165, 1.54) is 18.2 Å². The minimum Gasteiger partial charge on any atom is -0.481 e. The van der Waals surface area contributed by atoms with E-state index in [0.29, 0.717) is 5.75 Å². The molecule has 2 aromatic carbocycles. The quantitative estimate of drug-likeness (QED) is 0.791. The molecule has 0 aliphatic rings. The Morgan fingerprint density at radius 2 is 1.87 bits per heavy atom. The van der Waals surface area contributed by atoms with Crippen LogP contribution in [0, 0.1) is 0 Å². The van der Waals surface area contributed by atoms with Gasteiger partial charge in [0.1, 0.15) is 5.75 Å². The lowest BCUT2D eigenvalue weighted by Crippen LogP contribution is -2.30. The summed E-state index contributed by atoms with van der Waals surface area (Å²) in [5.74, 6) is -0.991. The van der Waals surface area contributed by atoms with Gasteiger partial charge in [-0.05, 0) is 49.4 Å². The molecule has 0 saturated carbocycles. The van der Waals surface area contributed by atoms with E-state index in [1.54, 1.807) is 31.2 Å². The Balaban J connectivity index is 2.07. The number of hydrogen-bond acceptors (Lipinski definition) is 3. The van der Waals surface area contributed by atoms with E-state index in [0.717, 1.165) is 4.47 Å². The largest absolute Gasteiger partial charge is 0.481 e. The van der Waals surface area contributed by atoms with Gasteiger partial charge in [0.25, 0.3) is 5.91 Å². The summed E-state index contributed by atoms with van der Waals surface area (Å²) in [5.41, 5.74) is 0.258. The van der Waals surface area contributed by atoms with Gasteiger partial charge in [0.05, 0.1) is 16.3 Å². The van der Waals surface area contributed by atoms with Gasteiger partial charge in [0.15, 0.2) is 6.10 Å². The smallest absolute Gasteiger partial charge is 0.335 e. The number of ether oxygens (including phenoxy) is 1. The topological polar surface area (TPSA) is 75.6 Å². The average Bonchev–Trinajstić information content (AvgIpc) is 2.51. The van der Waals surface area contributed by atoms with Crippen molar-refractivity contribution in [2.24, 2.45) is 0 Å². The number of carbonyl (C=O) groups excluding carboxylic acids is 1. The number of nitrogens with one attached hydrogen (secondary N) is 1. The second-order valence-corrected chi connectivity index (χ2v) is 6.03. The molecular formula is C16H13BrClNO4. The molecule has 1 amide bonds. The van der Waals surface area contributed by atoms with E-state index >= 15 is 0 Å². The van der Waals surface area contributed by atoms with Crippen molar-refractivity contribution in [2.75, 3.05) is 5.32 Å². The normalized spacial score (nSPS) is 11.6. The monoisotopic (exact) mass is 397 g/mol. The first-order valence-corrected chi connectivity index (χ1v) is 7.80. The highest BCUT2D eigenvalue weighted by atomic mass is 79.9. The van der Waals surface area contributed by atoms with Crippen molar-refractivity contribution in [1.82, 2.24) is 0 Å². The molecule has 2 rings (SSSR count). The molecule has 0 aromatic heterocycles. The second-order valence-electron chi connectivity index (χ2n) is 4.70. The van der Waals surface area contributed by atoms with E-state index in [4.69, 9.17) is 21.4 Å². The number of hydrogen-bond donors (Lipinski definition) is 2. The molecule has 120 valence electrons. The SMILES string of the molecule is CC(Oc1ccc(Br)cc1)C(=O)Nc1cc(C(=O)O)ccc1Cl. The Hall–Kier alpha value is -2.05. The fourth-order valence-electron chi connectivity index (χ4n) is 1.76. The van der Waals surface area contributed by atoms with Crippen LogP contribution in [0.2, 0.25) is 5.02 Å². The molecule has 0 aliphatic carbocycles. The lowest BCUT2D eigenvalue weighted by molar-refractivity contribution is -0.122. The van der Waals surface area contributed by atoms with Crippen LogP contribution in [0.25, 0.3) is 0 Å². The third-order valence-corrected chi connectivity index (χ3v) is 3.83. The molecule has 5 nitrogen and oxygen atoms in total. The number of amides is 1. The molecule has 0 heterocycles. The Morgan fingerprint density at radius 3 is 2.48 bits per heavy atom. The summed E-state index contributed by atoms with van der Waals surface area (Å²) in [6, 6.07) is 11.1. The molecule has 2 N–H and O–H groups in total. The van der Waals surface area contributed by atoms with Gasteiger partial charge in [0, 0.05) is 4.47 Å². The molecular weight excluding hydrogens is 386 g/mol. The molecule has 2 aromatic rings. The van der Waals surface area contributed by atoms with E-state index < -0.39 is 18.0 Å². The summed E-state index contributed by atoms with van der Waals surface area (Å²) in [6.45, 7) is 1.59. The zero-order chi connectivity index (χ0) is 17.0. The number of halogens is 2. The predicted molar refractivity (Wildman–Crippen MR) is 91.3 cm³/mol. The molecule has 23 heavy (non-hydrogen) atoms. The van der Waals surface area contributed by atoms with Crippen LogP contribution in [0.1, 0.15) is 17.3 Å². The zero-order valence-corrected chi connectivity index (χ0v) is 14.4. The highest BCUT2D eigenvalue weighted by molar-refractivity contribution is 9.10. The minimum atomic E-state index is -1.10. The number of carbonyl (C=O) groups is 2. The number of carboxylic acid groups (broad SMARTS) is 1. The number of aromatic carboxylic acids is 1. The molecule has 0 saturated heterocycles. The summed E-state index contributed by atoms with van der Waals surface area (Å²) >= 11 is 9.29. The summed E-state index contributed by atoms with van der Waals surface area (Å²) in [4.78, 5) is 23.1. The van der Waals surface area contributed by atoms with Crippen molar-refractivity contribution in [3.05, 3.63) is 57.5 Å². The van der Waals surface area contributed by atoms with Gasteiger partial charge in [-0.15, -0.1) is 0 Å². The Bertz CT molecular complexity index is 733. The number of rotatable bonds is 5. The first kappa shape index (κ1) is 17.3. The fraction of sp³-hybridized carbons (Fsp3) is 0.125. The van der Waals surface area contributed by atoms with Gasteiger partial charge >= 0.3 is 5.97 Å². The molecule has 7 heteroatoms. The highest BCUT2D eigenvalue weighted by Gasteiger charge is 2.17. The van der Waals surface area contributed by atoms with Crippen molar-refractivity contribution >= 4 is 45.1 Å². The van der Waals surface area contributed by atoms with Gasteiger partial charge < -0.3 is 15.2 Å². The predicted octanol–water partition coefficient (Wildman–Crippen LogP) is 4.21. The van der Waals surface area contributed by atoms with Gasteiger partial charge in [-0.1, -0.05) is 27.5 Å². The first-order chi connectivity index (χ1) is 10.9. The Morgan fingerprint density at radius 1 is 1.22 bits per heavy atom. The van der Waals surface area contributed by atoms with Crippen molar-refractivity contribution in [3.63, 3.8) is 0 Å². The Kier molecular flexibility index (Phi) is 5.63. The summed E-state index contributed by atoms with van der Waals surface area (Å²) in [6.07, 6.45) is -0.777. The first-order valence-electron chi connectivity index (χ1n) is 6.63. The Labute approximate surface area is 146 Å². The third-order valence-electron chi connectivity index (χ3n) is 2.97. The molecule has 1 unspecified atom stereocenters. The summed E-state index contributed by atoms with van der Waals surface area (Å²) in [5, 5.41) is 11.8. The maximum absolute atomic E-state index is 12.2. The van der Waals surface area contributed by atoms with Crippen molar-refractivity contribution < 1.29 is 19.4 Å². The molecule has 1 atom stereocenters. The van der Waals surface area contributed by atoms with E-state index in [-0.39, 0.29) is 16.3 Å². The van der Waals surface area contributed by atoms with Crippen LogP contribution in [-0.2, 0) is 4.79 Å². The van der Waals surface area contributed by atoms with Crippen LogP contribution < -0.4 is 10.1 Å². The maximum atomic E-state index is 12.2. The van der Waals surface area contributed by atoms with Crippen molar-refractivity contribution in [3.8, 4) is 5.75 Å². The highest BCUT2D eigenvalue weighted by Crippen LogP contribution is 2.24. The fourth-order valence-corrected chi connectivity index (χ4v) is 2.19. The van der Waals surface area contributed by atoms with Crippen LogP contribution in [0.4, 0.5) is 5.69 Å². The summed E-state index contributed by atoms with van der Waals surface area (Å²) < 4.78 is 6.43. The van der Waals surface area contributed by atoms with Crippen LogP contribution in [0.5, 0.6) is 5.75 Å². The molecule has 0 spiro atoms. The van der Waals surface area contributed by atoms with Gasteiger partial charge in [-0.25, -0.2) is 4.79 Å². The van der Waals surface area contributed by atoms with Gasteiger partial charge in [-0.3, -0.25) is 4.79 Å². The molecule has 0 aliphatic heterocycles. The van der Waals surface area contributed by atoms with Crippen molar-refractivity contribution in [1.29, 1.82) is 0 Å². The van der Waals surface area contributed by atoms with E-state index in [1.807, 2.05) is 0 Å². The molecule has 0 fully saturated rings. The van der Waals surface area contributed by atoms with Crippen LogP contribution in [0.15, 0.2) is 46.9 Å². The number of carboxylic acids is 1. The standard InChI is InChI=1S/C16H13BrClNO4/c1-9(23-12-5-3-11(17)4-6-12)15(20)19-14-8-10(16(21)22)2-7-13(14)18/h2-9H,1H3,(H,19,20)(H,21,22). The lowest BCUT2D eigenvalue weighted by atomic mass is 10.2. The van der Waals surface area contributed by atoms with Gasteiger partial charge in [0.2, 0.25) is 0 Å². The van der Waals surface area contributed by atoms with E-state index in [2.05, 4.69) is 21.2 Å². The number of anilines is 1. The van der Waals surface area contributed by atoms with Crippen LogP contribution in [-0.4, -0.2) is 23.1 Å². The summed E-state index contributed by atoms with van der Waals surface area (Å²) in [7, 11) is 0. The van der Waals surface area contributed by atoms with Gasteiger partial charge in [-0.2, -0.15) is 0 Å². The van der Waals surface area contributed by atoms with Crippen LogP contribution >= 0.6 is 27.5 Å². The molecule has 0 bridgehead atoms. The average molecular weight is 399 g/mol. The maximum Gasteiger partial charge on any atom is 0.335 e.